The Morgan fingerprint density at radius 2 is 1.55 bits per heavy atom. The summed E-state index contributed by atoms with van der Waals surface area (Å²) in [6, 6.07) is 7.07. The van der Waals surface area contributed by atoms with Crippen LogP contribution in [0.15, 0.2) is 36.4 Å². The molecule has 3 heteroatoms. The molecule has 0 aliphatic heterocycles. The monoisotopic (exact) mass is 290 g/mol. The molecule has 0 aromatic heterocycles. The lowest BCUT2D eigenvalue weighted by Gasteiger charge is -2.26. The van der Waals surface area contributed by atoms with Gasteiger partial charge in [0.1, 0.15) is 11.2 Å². The van der Waals surface area contributed by atoms with E-state index in [0.29, 0.717) is 23.0 Å². The van der Waals surface area contributed by atoms with Crippen molar-refractivity contribution in [1.82, 2.24) is 0 Å². The van der Waals surface area contributed by atoms with Crippen LogP contribution in [0.5, 0.6) is 0 Å². The van der Waals surface area contributed by atoms with Crippen molar-refractivity contribution in [3.05, 3.63) is 47.5 Å². The van der Waals surface area contributed by atoms with Gasteiger partial charge < -0.3 is 0 Å². The van der Waals surface area contributed by atoms with Gasteiger partial charge in [-0.2, -0.15) is 0 Å². The molecule has 22 heavy (non-hydrogen) atoms. The average molecular weight is 290 g/mol. The van der Waals surface area contributed by atoms with Crippen LogP contribution in [0.3, 0.4) is 0 Å². The third kappa shape index (κ3) is 0.897. The van der Waals surface area contributed by atoms with E-state index < -0.39 is 5.41 Å². The number of carbonyl (C=O) groups excluding carboxylic acids is 3. The first-order valence-electron chi connectivity index (χ1n) is 8.08. The Bertz CT molecular complexity index is 798. The van der Waals surface area contributed by atoms with E-state index in [0.717, 1.165) is 6.42 Å². The summed E-state index contributed by atoms with van der Waals surface area (Å²) in [7, 11) is 0. The zero-order chi connectivity index (χ0) is 14.8. The van der Waals surface area contributed by atoms with E-state index in [4.69, 9.17) is 0 Å². The number of carbonyl (C=O) groups is 3. The minimum absolute atomic E-state index is 0.0302. The average Bonchev–Trinajstić information content (AvgIpc) is 2.89. The van der Waals surface area contributed by atoms with E-state index in [9.17, 15) is 14.4 Å². The van der Waals surface area contributed by atoms with Crippen LogP contribution in [-0.4, -0.2) is 17.3 Å². The minimum atomic E-state index is -1.01. The van der Waals surface area contributed by atoms with Crippen LogP contribution < -0.4 is 0 Å². The molecule has 2 bridgehead atoms. The molecular formula is C19H14O3. The molecule has 1 aromatic rings. The summed E-state index contributed by atoms with van der Waals surface area (Å²) >= 11 is 0. The van der Waals surface area contributed by atoms with Crippen LogP contribution in [0, 0.1) is 40.9 Å². The Balaban J connectivity index is 1.52. The minimum Gasteiger partial charge on any atom is -0.299 e. The Hall–Kier alpha value is -2.03. The molecule has 0 saturated heterocycles. The Labute approximate surface area is 127 Å². The van der Waals surface area contributed by atoms with Gasteiger partial charge in [-0.15, -0.1) is 0 Å². The predicted molar refractivity (Wildman–Crippen MR) is 77.2 cm³/mol. The maximum Gasteiger partial charge on any atom is 0.178 e. The number of fused-ring (bicyclic) bond motifs is 10. The first-order chi connectivity index (χ1) is 10.7. The highest BCUT2D eigenvalue weighted by molar-refractivity contribution is 6.34. The first kappa shape index (κ1) is 11.5. The maximum atomic E-state index is 13.0. The van der Waals surface area contributed by atoms with E-state index in [1.54, 1.807) is 24.3 Å². The second-order valence-corrected chi connectivity index (χ2v) is 7.53. The van der Waals surface area contributed by atoms with E-state index in [1.165, 1.54) is 0 Å². The van der Waals surface area contributed by atoms with Crippen LogP contribution >= 0.6 is 0 Å². The van der Waals surface area contributed by atoms with Crippen LogP contribution in [0.1, 0.15) is 27.1 Å². The summed E-state index contributed by atoms with van der Waals surface area (Å²) in [5.41, 5.74) is 0.0511. The van der Waals surface area contributed by atoms with Crippen molar-refractivity contribution in [2.45, 2.75) is 6.42 Å². The summed E-state index contributed by atoms with van der Waals surface area (Å²) in [5, 5.41) is 0. The molecule has 5 aliphatic carbocycles. The highest BCUT2D eigenvalue weighted by Crippen LogP contribution is 2.78. The van der Waals surface area contributed by atoms with Crippen molar-refractivity contribution in [3.8, 4) is 0 Å². The molecule has 0 heterocycles. The lowest BCUT2D eigenvalue weighted by molar-refractivity contribution is -0.124. The zero-order valence-corrected chi connectivity index (χ0v) is 11.9. The molecule has 1 aromatic carbocycles. The maximum absolute atomic E-state index is 13.0. The van der Waals surface area contributed by atoms with Crippen LogP contribution in [0.25, 0.3) is 0 Å². The van der Waals surface area contributed by atoms with Crippen molar-refractivity contribution >= 4 is 17.3 Å². The number of benzene rings is 1. The number of hydrogen-bond donors (Lipinski definition) is 0. The van der Waals surface area contributed by atoms with Crippen molar-refractivity contribution in [1.29, 1.82) is 0 Å². The molecular weight excluding hydrogens is 276 g/mol. The lowest BCUT2D eigenvalue weighted by Crippen LogP contribution is -2.35. The molecule has 3 fully saturated rings. The topological polar surface area (TPSA) is 51.2 Å². The molecule has 0 unspecified atom stereocenters. The first-order valence-corrected chi connectivity index (χ1v) is 8.08. The number of ketones is 3. The standard InChI is InChI=1S/C19H14O3/c20-16-13-9-6-5-8(7-9)12(13)14-15(16)19(14)17(21)10-3-1-2-4-11(10)18(19)22/h1-6,8-9,12-15H,7H2/t8-,9+,12-,13+,14+,15+/m0/s1. The van der Waals surface area contributed by atoms with Gasteiger partial charge in [-0.05, 0) is 30.1 Å². The summed E-state index contributed by atoms with van der Waals surface area (Å²) < 4.78 is 0. The molecule has 3 nitrogen and oxygen atoms in total. The third-order valence-electron chi connectivity index (χ3n) is 7.00. The number of hydrogen-bond acceptors (Lipinski definition) is 3. The summed E-state index contributed by atoms with van der Waals surface area (Å²) in [5.74, 6) is 0.746. The van der Waals surface area contributed by atoms with Crippen molar-refractivity contribution < 1.29 is 14.4 Å². The Morgan fingerprint density at radius 3 is 2.23 bits per heavy atom. The van der Waals surface area contributed by atoms with Crippen LogP contribution in [0.2, 0.25) is 0 Å². The van der Waals surface area contributed by atoms with E-state index >= 15 is 0 Å². The number of allylic oxidation sites excluding steroid dienone is 2. The lowest BCUT2D eigenvalue weighted by atomic mass is 9.75. The fraction of sp³-hybridized carbons (Fsp3) is 0.421. The molecule has 3 saturated carbocycles. The normalized spacial score (nSPS) is 44.6. The van der Waals surface area contributed by atoms with Gasteiger partial charge in [-0.25, -0.2) is 0 Å². The summed E-state index contributed by atoms with van der Waals surface area (Å²) in [6.45, 7) is 0. The quantitative estimate of drug-likeness (QED) is 0.544. The van der Waals surface area contributed by atoms with Gasteiger partial charge in [0.05, 0.1) is 0 Å². The van der Waals surface area contributed by atoms with Gasteiger partial charge in [-0.3, -0.25) is 14.4 Å². The molecule has 5 aliphatic rings. The van der Waals surface area contributed by atoms with Crippen LogP contribution in [0.4, 0.5) is 0 Å². The molecule has 6 atom stereocenters. The molecule has 0 N–H and O–H groups in total. The van der Waals surface area contributed by atoms with Crippen molar-refractivity contribution in [2.24, 2.45) is 40.9 Å². The Kier molecular flexibility index (Phi) is 1.66. The SMILES string of the molecule is O=C1[C@H]2[C@@H]([C@@H]3[C@H]1C31C(=O)c3ccccc3C1=O)[C@H]1C=C[C@@H]2C1. The molecule has 1 spiro atoms. The zero-order valence-electron chi connectivity index (χ0n) is 11.9. The van der Waals surface area contributed by atoms with Gasteiger partial charge in [0.25, 0.3) is 0 Å². The van der Waals surface area contributed by atoms with Crippen molar-refractivity contribution in [2.75, 3.05) is 0 Å². The summed E-state index contributed by atoms with van der Waals surface area (Å²) in [4.78, 5) is 38.8. The third-order valence-corrected chi connectivity index (χ3v) is 7.00. The fourth-order valence-corrected chi connectivity index (χ4v) is 6.31. The number of Topliss-reactive ketones (excluding diaryl/α,β-unsaturated/α-hetero) is 3. The van der Waals surface area contributed by atoms with Gasteiger partial charge in [0, 0.05) is 23.0 Å². The van der Waals surface area contributed by atoms with E-state index in [-0.39, 0.29) is 41.0 Å². The molecule has 0 radical (unpaired) electrons. The Morgan fingerprint density at radius 1 is 0.909 bits per heavy atom. The highest BCUT2D eigenvalue weighted by Gasteiger charge is 2.86. The molecule has 0 amide bonds. The van der Waals surface area contributed by atoms with E-state index in [2.05, 4.69) is 12.2 Å². The van der Waals surface area contributed by atoms with Crippen molar-refractivity contribution in [3.63, 3.8) is 0 Å². The van der Waals surface area contributed by atoms with E-state index in [1.807, 2.05) is 0 Å². The highest BCUT2D eigenvalue weighted by atomic mass is 16.2. The fourth-order valence-electron chi connectivity index (χ4n) is 6.31. The largest absolute Gasteiger partial charge is 0.299 e. The van der Waals surface area contributed by atoms with Gasteiger partial charge >= 0.3 is 0 Å². The van der Waals surface area contributed by atoms with Gasteiger partial charge in [-0.1, -0.05) is 36.4 Å². The summed E-state index contributed by atoms with van der Waals surface area (Å²) in [6.07, 6.45) is 5.43. The smallest absolute Gasteiger partial charge is 0.178 e. The van der Waals surface area contributed by atoms with Gasteiger partial charge in [0.2, 0.25) is 0 Å². The van der Waals surface area contributed by atoms with Crippen LogP contribution in [-0.2, 0) is 4.79 Å². The molecule has 6 rings (SSSR count). The second kappa shape index (κ2) is 3.17. The second-order valence-electron chi connectivity index (χ2n) is 7.53. The predicted octanol–water partition coefficient (Wildman–Crippen LogP) is 2.32. The molecule has 108 valence electrons. The number of rotatable bonds is 0. The van der Waals surface area contributed by atoms with Gasteiger partial charge in [0.15, 0.2) is 11.6 Å².